The molecular weight excluding hydrogens is 222 g/mol. The Kier molecular flexibility index (Phi) is 3.29. The first-order valence-electron chi connectivity index (χ1n) is 5.08. The van der Waals surface area contributed by atoms with Gasteiger partial charge in [-0.1, -0.05) is 0 Å². The van der Waals surface area contributed by atoms with Gasteiger partial charge in [-0.15, -0.1) is 0 Å². The molecule has 0 saturated heterocycles. The van der Waals surface area contributed by atoms with Gasteiger partial charge in [-0.05, 0) is 22.0 Å². The van der Waals surface area contributed by atoms with Crippen molar-refractivity contribution in [2.24, 2.45) is 0 Å². The van der Waals surface area contributed by atoms with Gasteiger partial charge in [0.1, 0.15) is 11.9 Å². The predicted octanol–water partition coefficient (Wildman–Crippen LogP) is 1.37. The van der Waals surface area contributed by atoms with E-state index < -0.39 is 4.92 Å². The minimum atomic E-state index is -0.501. The van der Waals surface area contributed by atoms with E-state index in [-0.39, 0.29) is 5.82 Å². The molecule has 0 bridgehead atoms. The average molecular weight is 233 g/mol. The maximum Gasteiger partial charge on any atom is 0.386 e. The molecule has 0 amide bonds. The van der Waals surface area contributed by atoms with E-state index in [9.17, 15) is 10.1 Å². The van der Waals surface area contributed by atoms with Gasteiger partial charge >= 0.3 is 5.82 Å². The van der Waals surface area contributed by atoms with Gasteiger partial charge < -0.3 is 20.4 Å². The van der Waals surface area contributed by atoms with Crippen molar-refractivity contribution >= 4 is 11.5 Å². The zero-order valence-electron chi connectivity index (χ0n) is 8.96. The highest BCUT2D eigenvalue weighted by molar-refractivity contribution is 5.56. The number of nitro groups is 1. The van der Waals surface area contributed by atoms with Gasteiger partial charge in [0.2, 0.25) is 0 Å². The van der Waals surface area contributed by atoms with Crippen LogP contribution in [0.5, 0.6) is 0 Å². The third kappa shape index (κ3) is 2.77. The summed E-state index contributed by atoms with van der Waals surface area (Å²) in [4.78, 5) is 20.8. The van der Waals surface area contributed by atoms with Gasteiger partial charge in [0.25, 0.3) is 0 Å². The van der Waals surface area contributed by atoms with E-state index in [4.69, 9.17) is 0 Å². The monoisotopic (exact) mass is 233 g/mol. The summed E-state index contributed by atoms with van der Waals surface area (Å²) in [5, 5.41) is 13.7. The minimum absolute atomic E-state index is 0.155. The van der Waals surface area contributed by atoms with Crippen molar-refractivity contribution in [1.82, 2.24) is 15.0 Å². The van der Waals surface area contributed by atoms with Crippen molar-refractivity contribution in [1.29, 1.82) is 0 Å². The summed E-state index contributed by atoms with van der Waals surface area (Å²) < 4.78 is 0. The quantitative estimate of drug-likeness (QED) is 0.600. The van der Waals surface area contributed by atoms with E-state index in [1.807, 2.05) is 0 Å². The third-order valence-electron chi connectivity index (χ3n) is 2.22. The van der Waals surface area contributed by atoms with Gasteiger partial charge in [-0.25, -0.2) is 4.98 Å². The summed E-state index contributed by atoms with van der Waals surface area (Å²) in [5.74, 6) is -0.155. The highest BCUT2D eigenvalue weighted by Crippen LogP contribution is 2.19. The van der Waals surface area contributed by atoms with Crippen molar-refractivity contribution in [2.45, 2.75) is 6.42 Å². The second kappa shape index (κ2) is 5.06. The van der Waals surface area contributed by atoms with Crippen LogP contribution < -0.4 is 5.32 Å². The molecule has 0 aliphatic heterocycles. The largest absolute Gasteiger partial charge is 0.386 e. The molecule has 7 nitrogen and oxygen atoms in total. The number of anilines is 1. The second-order valence-electron chi connectivity index (χ2n) is 3.39. The summed E-state index contributed by atoms with van der Waals surface area (Å²) in [6, 6.07) is 3.30. The Morgan fingerprint density at radius 1 is 1.53 bits per heavy atom. The number of H-pyrrole nitrogens is 1. The lowest BCUT2D eigenvalue weighted by atomic mass is 10.3. The van der Waals surface area contributed by atoms with Crippen LogP contribution in [0, 0.1) is 10.1 Å². The molecule has 2 aromatic heterocycles. The summed E-state index contributed by atoms with van der Waals surface area (Å²) in [7, 11) is 0. The Bertz CT molecular complexity index is 497. The van der Waals surface area contributed by atoms with Gasteiger partial charge in [0.15, 0.2) is 0 Å². The van der Waals surface area contributed by atoms with Crippen LogP contribution in [0.15, 0.2) is 30.9 Å². The molecule has 0 fully saturated rings. The van der Waals surface area contributed by atoms with Crippen LogP contribution in [0.25, 0.3) is 0 Å². The number of hydrogen-bond acceptors (Lipinski definition) is 5. The summed E-state index contributed by atoms with van der Waals surface area (Å²) in [6.07, 6.45) is 5.44. The zero-order valence-corrected chi connectivity index (χ0v) is 8.96. The third-order valence-corrected chi connectivity index (χ3v) is 2.22. The molecule has 0 saturated carbocycles. The molecule has 0 spiro atoms. The van der Waals surface area contributed by atoms with Crippen molar-refractivity contribution in [3.05, 3.63) is 46.7 Å². The molecule has 2 N–H and O–H groups in total. The Balaban J connectivity index is 1.97. The average Bonchev–Trinajstić information content (AvgIpc) is 2.82. The topological polar surface area (TPSA) is 96.7 Å². The van der Waals surface area contributed by atoms with E-state index >= 15 is 0 Å². The highest BCUT2D eigenvalue weighted by Gasteiger charge is 2.12. The van der Waals surface area contributed by atoms with Crippen molar-refractivity contribution < 1.29 is 4.92 Å². The molecule has 0 atom stereocenters. The molecule has 0 aliphatic rings. The van der Waals surface area contributed by atoms with Crippen molar-refractivity contribution in [3.8, 4) is 0 Å². The molecule has 7 heteroatoms. The number of rotatable bonds is 5. The van der Waals surface area contributed by atoms with Crippen LogP contribution in [-0.4, -0.2) is 26.4 Å². The first-order valence-corrected chi connectivity index (χ1v) is 5.08. The van der Waals surface area contributed by atoms with Gasteiger partial charge in [0.05, 0.1) is 6.33 Å². The highest BCUT2D eigenvalue weighted by atomic mass is 16.6. The Morgan fingerprint density at radius 2 is 2.41 bits per heavy atom. The number of hydrogen-bond donors (Lipinski definition) is 2. The lowest BCUT2D eigenvalue weighted by Crippen LogP contribution is -2.07. The number of pyridine rings is 1. The number of aromatic amines is 1. The first-order chi connectivity index (χ1) is 8.27. The number of imidazole rings is 1. The van der Waals surface area contributed by atoms with Crippen LogP contribution in [0.1, 0.15) is 5.69 Å². The minimum Gasteiger partial charge on any atom is -0.378 e. The number of nitrogens with one attached hydrogen (secondary N) is 2. The van der Waals surface area contributed by atoms with E-state index in [0.29, 0.717) is 18.7 Å². The molecular formula is C10H11N5O2. The van der Waals surface area contributed by atoms with Crippen LogP contribution in [0.2, 0.25) is 0 Å². The fourth-order valence-electron chi connectivity index (χ4n) is 1.43. The lowest BCUT2D eigenvalue weighted by Gasteiger charge is -2.04. The Hall–Kier alpha value is -2.44. The maximum absolute atomic E-state index is 10.7. The van der Waals surface area contributed by atoms with Gasteiger partial charge in [0, 0.05) is 24.9 Å². The van der Waals surface area contributed by atoms with Crippen molar-refractivity contribution in [3.63, 3.8) is 0 Å². The first kappa shape index (κ1) is 11.1. The van der Waals surface area contributed by atoms with Crippen LogP contribution in [-0.2, 0) is 6.42 Å². The molecule has 17 heavy (non-hydrogen) atoms. The Morgan fingerprint density at radius 3 is 3.12 bits per heavy atom. The summed E-state index contributed by atoms with van der Waals surface area (Å²) >= 11 is 0. The normalized spacial score (nSPS) is 10.1. The standard InChI is InChI=1S/C10H11N5O2/c16-15(17)10-9(2-1-4-13-10)12-5-3-8-6-11-7-14-8/h1-2,4,6-7,12H,3,5H2,(H,11,14). The molecule has 0 aromatic carbocycles. The molecule has 0 aliphatic carbocycles. The molecule has 2 heterocycles. The lowest BCUT2D eigenvalue weighted by molar-refractivity contribution is -0.388. The van der Waals surface area contributed by atoms with Gasteiger partial charge in [-0.2, -0.15) is 0 Å². The molecule has 0 unspecified atom stereocenters. The maximum atomic E-state index is 10.7. The molecule has 0 radical (unpaired) electrons. The van der Waals surface area contributed by atoms with E-state index in [0.717, 1.165) is 5.69 Å². The van der Waals surface area contributed by atoms with Crippen LogP contribution in [0.3, 0.4) is 0 Å². The second-order valence-corrected chi connectivity index (χ2v) is 3.39. The smallest absolute Gasteiger partial charge is 0.378 e. The number of aromatic nitrogens is 3. The molecule has 2 rings (SSSR count). The Labute approximate surface area is 97.1 Å². The SMILES string of the molecule is O=[N+]([O-])c1ncccc1NCCc1cnc[nH]1. The van der Waals surface area contributed by atoms with E-state index in [1.165, 1.54) is 6.20 Å². The fraction of sp³-hybridized carbons (Fsp3) is 0.200. The molecule has 2 aromatic rings. The van der Waals surface area contributed by atoms with Crippen LogP contribution in [0.4, 0.5) is 11.5 Å². The van der Waals surface area contributed by atoms with Crippen molar-refractivity contribution in [2.75, 3.05) is 11.9 Å². The van der Waals surface area contributed by atoms with Gasteiger partial charge in [-0.3, -0.25) is 0 Å². The zero-order chi connectivity index (χ0) is 12.1. The fourth-order valence-corrected chi connectivity index (χ4v) is 1.43. The van der Waals surface area contributed by atoms with E-state index in [2.05, 4.69) is 20.3 Å². The van der Waals surface area contributed by atoms with Crippen LogP contribution >= 0.6 is 0 Å². The van der Waals surface area contributed by atoms with E-state index in [1.54, 1.807) is 24.7 Å². The summed E-state index contributed by atoms with van der Waals surface area (Å²) in [5.41, 5.74) is 1.40. The number of nitrogens with zero attached hydrogens (tertiary/aromatic N) is 3. The summed E-state index contributed by atoms with van der Waals surface area (Å²) in [6.45, 7) is 0.578. The predicted molar refractivity (Wildman–Crippen MR) is 61.7 cm³/mol. The molecule has 88 valence electrons.